The summed E-state index contributed by atoms with van der Waals surface area (Å²) in [4.78, 5) is 19.6. The van der Waals surface area contributed by atoms with Crippen molar-refractivity contribution in [3.05, 3.63) is 36.5 Å². The SMILES string of the molecule is O=C(CSc1ncc(-c2ccccc2)[nH]1)NC1CCCCC1. The van der Waals surface area contributed by atoms with E-state index in [1.54, 1.807) is 0 Å². The number of imidazole rings is 1. The Kier molecular flexibility index (Phi) is 5.16. The summed E-state index contributed by atoms with van der Waals surface area (Å²) in [5.74, 6) is 0.521. The van der Waals surface area contributed by atoms with Crippen molar-refractivity contribution in [1.82, 2.24) is 15.3 Å². The number of hydrogen-bond acceptors (Lipinski definition) is 3. The molecule has 0 bridgehead atoms. The van der Waals surface area contributed by atoms with Crippen LogP contribution in [0.15, 0.2) is 41.7 Å². The molecule has 2 aromatic rings. The van der Waals surface area contributed by atoms with Gasteiger partial charge in [0.15, 0.2) is 5.16 Å². The van der Waals surface area contributed by atoms with Gasteiger partial charge in [-0.2, -0.15) is 0 Å². The van der Waals surface area contributed by atoms with E-state index >= 15 is 0 Å². The fourth-order valence-corrected chi connectivity index (χ4v) is 3.45. The van der Waals surface area contributed by atoms with Gasteiger partial charge in [-0.05, 0) is 18.4 Å². The number of amides is 1. The van der Waals surface area contributed by atoms with Crippen molar-refractivity contribution in [1.29, 1.82) is 0 Å². The van der Waals surface area contributed by atoms with Crippen LogP contribution in [-0.2, 0) is 4.79 Å². The number of benzene rings is 1. The van der Waals surface area contributed by atoms with Crippen LogP contribution in [-0.4, -0.2) is 27.7 Å². The van der Waals surface area contributed by atoms with Crippen LogP contribution in [0.3, 0.4) is 0 Å². The van der Waals surface area contributed by atoms with Gasteiger partial charge in [-0.15, -0.1) is 0 Å². The Morgan fingerprint density at radius 1 is 1.23 bits per heavy atom. The van der Waals surface area contributed by atoms with Crippen molar-refractivity contribution in [2.45, 2.75) is 43.3 Å². The summed E-state index contributed by atoms with van der Waals surface area (Å²) in [6.45, 7) is 0. The smallest absolute Gasteiger partial charge is 0.230 e. The third kappa shape index (κ3) is 4.13. The molecule has 0 aliphatic heterocycles. The summed E-state index contributed by atoms with van der Waals surface area (Å²) in [5, 5.41) is 3.92. The van der Waals surface area contributed by atoms with E-state index < -0.39 is 0 Å². The third-order valence-electron chi connectivity index (χ3n) is 3.95. The molecule has 22 heavy (non-hydrogen) atoms. The number of nitrogens with zero attached hydrogens (tertiary/aromatic N) is 1. The van der Waals surface area contributed by atoms with Crippen LogP contribution in [0.5, 0.6) is 0 Å². The lowest BCUT2D eigenvalue weighted by Crippen LogP contribution is -2.37. The molecule has 1 aliphatic carbocycles. The van der Waals surface area contributed by atoms with Gasteiger partial charge in [0, 0.05) is 6.04 Å². The Labute approximate surface area is 135 Å². The van der Waals surface area contributed by atoms with E-state index in [2.05, 4.69) is 15.3 Å². The lowest BCUT2D eigenvalue weighted by atomic mass is 9.95. The Hall–Kier alpha value is -1.75. The number of aromatic nitrogens is 2. The second kappa shape index (κ2) is 7.49. The minimum Gasteiger partial charge on any atom is -0.353 e. The number of hydrogen-bond donors (Lipinski definition) is 2. The molecule has 0 radical (unpaired) electrons. The highest BCUT2D eigenvalue weighted by Gasteiger charge is 2.16. The van der Waals surface area contributed by atoms with Gasteiger partial charge in [-0.3, -0.25) is 4.79 Å². The van der Waals surface area contributed by atoms with Gasteiger partial charge in [0.25, 0.3) is 0 Å². The minimum absolute atomic E-state index is 0.106. The molecule has 2 N–H and O–H groups in total. The molecule has 1 heterocycles. The van der Waals surface area contributed by atoms with E-state index in [4.69, 9.17) is 0 Å². The fourth-order valence-electron chi connectivity index (χ4n) is 2.79. The number of aromatic amines is 1. The van der Waals surface area contributed by atoms with Crippen molar-refractivity contribution in [2.75, 3.05) is 5.75 Å². The molecule has 5 heteroatoms. The van der Waals surface area contributed by atoms with Crippen LogP contribution in [0.25, 0.3) is 11.3 Å². The first-order valence-corrected chi connectivity index (χ1v) is 8.82. The van der Waals surface area contributed by atoms with Crippen molar-refractivity contribution in [2.24, 2.45) is 0 Å². The molecule has 116 valence electrons. The summed E-state index contributed by atoms with van der Waals surface area (Å²) in [6.07, 6.45) is 7.82. The Balaban J connectivity index is 1.49. The normalized spacial score (nSPS) is 15.6. The number of rotatable bonds is 5. The summed E-state index contributed by atoms with van der Waals surface area (Å²) in [6, 6.07) is 10.4. The highest BCUT2D eigenvalue weighted by Crippen LogP contribution is 2.21. The maximum absolute atomic E-state index is 12.0. The topological polar surface area (TPSA) is 57.8 Å². The van der Waals surface area contributed by atoms with E-state index in [1.807, 2.05) is 36.5 Å². The molecule has 0 spiro atoms. The molecule has 4 nitrogen and oxygen atoms in total. The van der Waals surface area contributed by atoms with Crippen LogP contribution < -0.4 is 5.32 Å². The highest BCUT2D eigenvalue weighted by molar-refractivity contribution is 7.99. The summed E-state index contributed by atoms with van der Waals surface area (Å²) < 4.78 is 0. The van der Waals surface area contributed by atoms with Gasteiger partial charge in [0.2, 0.25) is 5.91 Å². The lowest BCUT2D eigenvalue weighted by molar-refractivity contribution is -0.119. The zero-order valence-corrected chi connectivity index (χ0v) is 13.4. The predicted molar refractivity (Wildman–Crippen MR) is 89.8 cm³/mol. The molecule has 0 unspecified atom stereocenters. The fraction of sp³-hybridized carbons (Fsp3) is 0.412. The minimum atomic E-state index is 0.106. The largest absolute Gasteiger partial charge is 0.353 e. The van der Waals surface area contributed by atoms with Gasteiger partial charge in [-0.1, -0.05) is 61.4 Å². The van der Waals surface area contributed by atoms with Crippen LogP contribution >= 0.6 is 11.8 Å². The highest BCUT2D eigenvalue weighted by atomic mass is 32.2. The number of carbonyl (C=O) groups is 1. The molecule has 1 aromatic heterocycles. The first kappa shape index (κ1) is 15.2. The predicted octanol–water partition coefficient (Wildman–Crippen LogP) is 3.62. The molecule has 1 aliphatic rings. The molecule has 0 atom stereocenters. The summed E-state index contributed by atoms with van der Waals surface area (Å²) in [5.41, 5.74) is 2.09. The van der Waals surface area contributed by atoms with E-state index in [-0.39, 0.29) is 5.91 Å². The second-order valence-electron chi connectivity index (χ2n) is 5.66. The van der Waals surface area contributed by atoms with Gasteiger partial charge >= 0.3 is 0 Å². The van der Waals surface area contributed by atoms with E-state index in [1.165, 1.54) is 31.0 Å². The van der Waals surface area contributed by atoms with Crippen LogP contribution in [0, 0.1) is 0 Å². The standard InChI is InChI=1S/C17H21N3OS/c21-16(19-14-9-5-2-6-10-14)12-22-17-18-11-15(20-17)13-7-3-1-4-8-13/h1,3-4,7-8,11,14H,2,5-6,9-10,12H2,(H,18,20)(H,19,21). The van der Waals surface area contributed by atoms with Crippen molar-refractivity contribution in [3.63, 3.8) is 0 Å². The summed E-state index contributed by atoms with van der Waals surface area (Å²) in [7, 11) is 0. The number of nitrogens with one attached hydrogen (secondary N) is 2. The van der Waals surface area contributed by atoms with Crippen LogP contribution in [0.1, 0.15) is 32.1 Å². The molecule has 1 saturated carbocycles. The van der Waals surface area contributed by atoms with Crippen molar-refractivity contribution < 1.29 is 4.79 Å². The monoisotopic (exact) mass is 315 g/mol. The quantitative estimate of drug-likeness (QED) is 0.829. The number of carbonyl (C=O) groups excluding carboxylic acids is 1. The third-order valence-corrected chi connectivity index (χ3v) is 4.83. The number of thioether (sulfide) groups is 1. The average Bonchev–Trinajstić information content (AvgIpc) is 3.04. The van der Waals surface area contributed by atoms with Gasteiger partial charge in [0.1, 0.15) is 0 Å². The van der Waals surface area contributed by atoms with E-state index in [0.717, 1.165) is 29.3 Å². The molecule has 0 saturated heterocycles. The van der Waals surface area contributed by atoms with Crippen molar-refractivity contribution >= 4 is 17.7 Å². The molecule has 1 amide bonds. The van der Waals surface area contributed by atoms with Crippen LogP contribution in [0.4, 0.5) is 0 Å². The number of H-pyrrole nitrogens is 1. The Morgan fingerprint density at radius 2 is 2.00 bits per heavy atom. The Morgan fingerprint density at radius 3 is 2.77 bits per heavy atom. The molecular weight excluding hydrogens is 294 g/mol. The van der Waals surface area contributed by atoms with E-state index in [9.17, 15) is 4.79 Å². The molecule has 1 fully saturated rings. The van der Waals surface area contributed by atoms with Gasteiger partial charge < -0.3 is 10.3 Å². The Bertz CT molecular complexity index is 605. The summed E-state index contributed by atoms with van der Waals surface area (Å²) >= 11 is 1.45. The zero-order chi connectivity index (χ0) is 15.2. The van der Waals surface area contributed by atoms with Crippen molar-refractivity contribution in [3.8, 4) is 11.3 Å². The maximum atomic E-state index is 12.0. The van der Waals surface area contributed by atoms with Crippen LogP contribution in [0.2, 0.25) is 0 Å². The first-order chi connectivity index (χ1) is 10.8. The van der Waals surface area contributed by atoms with E-state index in [0.29, 0.717) is 11.8 Å². The average molecular weight is 315 g/mol. The molecular formula is C17H21N3OS. The molecule has 3 rings (SSSR count). The zero-order valence-electron chi connectivity index (χ0n) is 12.5. The maximum Gasteiger partial charge on any atom is 0.230 e. The molecule has 1 aromatic carbocycles. The first-order valence-electron chi connectivity index (χ1n) is 7.84. The second-order valence-corrected chi connectivity index (χ2v) is 6.62. The van der Waals surface area contributed by atoms with Gasteiger partial charge in [0.05, 0.1) is 17.6 Å². The lowest BCUT2D eigenvalue weighted by Gasteiger charge is -2.22. The van der Waals surface area contributed by atoms with Gasteiger partial charge in [-0.25, -0.2) is 4.98 Å².